The predicted octanol–water partition coefficient (Wildman–Crippen LogP) is 2.23. The van der Waals surface area contributed by atoms with Crippen molar-refractivity contribution in [2.75, 3.05) is 11.9 Å². The van der Waals surface area contributed by atoms with Gasteiger partial charge in [-0.25, -0.2) is 13.1 Å². The van der Waals surface area contributed by atoms with Gasteiger partial charge in [0.2, 0.25) is 15.9 Å². The fraction of sp³-hybridized carbons (Fsp3) is 0.588. The lowest BCUT2D eigenvalue weighted by Crippen LogP contribution is -2.34. The molecule has 134 valence electrons. The molecule has 0 aliphatic heterocycles. The maximum atomic E-state index is 12.2. The molecule has 1 aromatic carbocycles. The van der Waals surface area contributed by atoms with Crippen molar-refractivity contribution in [3.05, 3.63) is 24.3 Å². The second kappa shape index (κ2) is 8.60. The summed E-state index contributed by atoms with van der Waals surface area (Å²) in [6.45, 7) is 4.02. The topological polar surface area (TPSA) is 87.3 Å². The van der Waals surface area contributed by atoms with Crippen LogP contribution in [0.1, 0.15) is 46.0 Å². The van der Waals surface area contributed by atoms with Crippen LogP contribution in [0, 0.1) is 0 Å². The highest BCUT2D eigenvalue weighted by atomic mass is 32.2. The maximum absolute atomic E-state index is 12.2. The van der Waals surface area contributed by atoms with Crippen LogP contribution in [0.5, 0.6) is 0 Å². The van der Waals surface area contributed by atoms with Crippen LogP contribution < -0.4 is 15.4 Å². The van der Waals surface area contributed by atoms with Crippen LogP contribution in [0.4, 0.5) is 5.69 Å². The summed E-state index contributed by atoms with van der Waals surface area (Å²) in [5.41, 5.74) is 0.593. The second-order valence-corrected chi connectivity index (χ2v) is 8.08. The highest BCUT2D eigenvalue weighted by molar-refractivity contribution is 7.89. The molecule has 1 fully saturated rings. The number of hydrogen-bond donors (Lipinski definition) is 3. The van der Waals surface area contributed by atoms with E-state index in [2.05, 4.69) is 15.4 Å². The van der Waals surface area contributed by atoms with E-state index in [1.165, 1.54) is 25.0 Å². The van der Waals surface area contributed by atoms with Crippen molar-refractivity contribution in [3.63, 3.8) is 0 Å². The average molecular weight is 353 g/mol. The molecule has 6 nitrogen and oxygen atoms in total. The van der Waals surface area contributed by atoms with Gasteiger partial charge in [-0.05, 0) is 50.5 Å². The molecule has 1 unspecified atom stereocenters. The van der Waals surface area contributed by atoms with Crippen LogP contribution >= 0.6 is 0 Å². The molecule has 0 bridgehead atoms. The van der Waals surface area contributed by atoms with Crippen LogP contribution in [0.2, 0.25) is 0 Å². The first-order valence-corrected chi connectivity index (χ1v) is 10.0. The van der Waals surface area contributed by atoms with Crippen LogP contribution in [-0.4, -0.2) is 33.0 Å². The Kier molecular flexibility index (Phi) is 6.77. The molecular weight excluding hydrogens is 326 g/mol. The Morgan fingerprint density at radius 2 is 1.83 bits per heavy atom. The molecule has 0 aromatic heterocycles. The van der Waals surface area contributed by atoms with E-state index in [1.807, 2.05) is 13.8 Å². The zero-order chi connectivity index (χ0) is 17.6. The number of benzene rings is 1. The van der Waals surface area contributed by atoms with E-state index in [-0.39, 0.29) is 23.4 Å². The fourth-order valence-corrected chi connectivity index (χ4v) is 4.03. The third-order valence-corrected chi connectivity index (χ3v) is 5.93. The maximum Gasteiger partial charge on any atom is 0.240 e. The summed E-state index contributed by atoms with van der Waals surface area (Å²) in [5, 5.41) is 6.03. The molecule has 0 spiro atoms. The summed E-state index contributed by atoms with van der Waals surface area (Å²) in [6, 6.07) is 6.55. The largest absolute Gasteiger partial charge is 0.325 e. The van der Waals surface area contributed by atoms with Gasteiger partial charge in [0.05, 0.1) is 11.4 Å². The zero-order valence-corrected chi connectivity index (χ0v) is 15.2. The van der Waals surface area contributed by atoms with Crippen LogP contribution in [0.25, 0.3) is 0 Å². The summed E-state index contributed by atoms with van der Waals surface area (Å²) in [6.07, 6.45) is 5.42. The smallest absolute Gasteiger partial charge is 0.240 e. The first-order valence-electron chi connectivity index (χ1n) is 8.56. The van der Waals surface area contributed by atoms with Gasteiger partial charge in [-0.1, -0.05) is 19.8 Å². The minimum atomic E-state index is -3.51. The number of anilines is 1. The number of carbonyl (C=O) groups excluding carboxylic acids is 1. The molecule has 0 heterocycles. The molecule has 0 radical (unpaired) electrons. The highest BCUT2D eigenvalue weighted by Crippen LogP contribution is 2.17. The van der Waals surface area contributed by atoms with E-state index in [1.54, 1.807) is 12.1 Å². The van der Waals surface area contributed by atoms with Crippen LogP contribution in [-0.2, 0) is 14.8 Å². The van der Waals surface area contributed by atoms with Crippen molar-refractivity contribution < 1.29 is 13.2 Å². The number of sulfonamides is 1. The van der Waals surface area contributed by atoms with Crippen molar-refractivity contribution in [3.8, 4) is 0 Å². The first kappa shape index (κ1) is 18.9. The monoisotopic (exact) mass is 353 g/mol. The third-order valence-electron chi connectivity index (χ3n) is 4.32. The Hall–Kier alpha value is -1.44. The molecule has 7 heteroatoms. The van der Waals surface area contributed by atoms with E-state index >= 15 is 0 Å². The molecule has 1 aliphatic carbocycles. The second-order valence-electron chi connectivity index (χ2n) is 6.37. The van der Waals surface area contributed by atoms with E-state index in [9.17, 15) is 13.2 Å². The Morgan fingerprint density at radius 1 is 1.21 bits per heavy atom. The minimum absolute atomic E-state index is 0.115. The molecule has 3 N–H and O–H groups in total. The Balaban J connectivity index is 1.88. The molecule has 2 rings (SSSR count). The number of nitrogens with one attached hydrogen (secondary N) is 3. The van der Waals surface area contributed by atoms with E-state index in [4.69, 9.17) is 0 Å². The van der Waals surface area contributed by atoms with E-state index in [0.29, 0.717) is 11.7 Å². The van der Waals surface area contributed by atoms with E-state index in [0.717, 1.165) is 19.3 Å². The van der Waals surface area contributed by atoms with Gasteiger partial charge in [0.15, 0.2) is 0 Å². The molecular formula is C17H27N3O3S. The molecule has 0 saturated heterocycles. The van der Waals surface area contributed by atoms with Crippen molar-refractivity contribution in [1.82, 2.24) is 10.0 Å². The molecule has 1 aliphatic rings. The number of carbonyl (C=O) groups is 1. The minimum Gasteiger partial charge on any atom is -0.325 e. The van der Waals surface area contributed by atoms with Crippen molar-refractivity contribution >= 4 is 21.6 Å². The number of amides is 1. The van der Waals surface area contributed by atoms with Gasteiger partial charge in [0.25, 0.3) is 0 Å². The Morgan fingerprint density at radius 3 is 2.42 bits per heavy atom. The molecule has 1 aromatic rings. The summed E-state index contributed by atoms with van der Waals surface area (Å²) in [7, 11) is -3.51. The number of hydrogen-bond acceptors (Lipinski definition) is 4. The van der Waals surface area contributed by atoms with Gasteiger partial charge in [-0.3, -0.25) is 4.79 Å². The number of rotatable bonds is 8. The normalized spacial score (nSPS) is 16.9. The lowest BCUT2D eigenvalue weighted by Gasteiger charge is -2.13. The summed E-state index contributed by atoms with van der Waals surface area (Å²) >= 11 is 0. The molecule has 1 amide bonds. The standard InChI is InChI=1S/C17H27N3O3S/c1-3-13(2)20-24(22,23)16-10-8-15(9-11-16)19-17(21)12-18-14-6-4-5-7-14/h8-11,13-14,18,20H,3-7,12H2,1-2H3,(H,19,21). The molecule has 24 heavy (non-hydrogen) atoms. The first-order chi connectivity index (χ1) is 11.4. The van der Waals surface area contributed by atoms with Crippen molar-refractivity contribution in [1.29, 1.82) is 0 Å². The highest BCUT2D eigenvalue weighted by Gasteiger charge is 2.17. The lowest BCUT2D eigenvalue weighted by atomic mass is 10.2. The van der Waals surface area contributed by atoms with Gasteiger partial charge >= 0.3 is 0 Å². The Labute approximate surface area is 144 Å². The van der Waals surface area contributed by atoms with Crippen molar-refractivity contribution in [2.45, 2.75) is 62.9 Å². The fourth-order valence-electron chi connectivity index (χ4n) is 2.71. The quantitative estimate of drug-likeness (QED) is 0.669. The third kappa shape index (κ3) is 5.58. The average Bonchev–Trinajstić information content (AvgIpc) is 3.06. The van der Waals surface area contributed by atoms with Gasteiger partial charge < -0.3 is 10.6 Å². The van der Waals surface area contributed by atoms with Gasteiger partial charge in [0.1, 0.15) is 0 Å². The lowest BCUT2D eigenvalue weighted by molar-refractivity contribution is -0.115. The van der Waals surface area contributed by atoms with Crippen molar-refractivity contribution in [2.24, 2.45) is 0 Å². The van der Waals surface area contributed by atoms with E-state index < -0.39 is 10.0 Å². The van der Waals surface area contributed by atoms with Gasteiger partial charge in [0, 0.05) is 17.8 Å². The summed E-state index contributed by atoms with van der Waals surface area (Å²) in [5.74, 6) is -0.116. The van der Waals surface area contributed by atoms with Crippen LogP contribution in [0.3, 0.4) is 0 Å². The molecule has 1 saturated carbocycles. The predicted molar refractivity (Wildman–Crippen MR) is 95.4 cm³/mol. The Bertz CT molecular complexity index is 638. The van der Waals surface area contributed by atoms with Crippen LogP contribution in [0.15, 0.2) is 29.2 Å². The molecule has 1 atom stereocenters. The zero-order valence-electron chi connectivity index (χ0n) is 14.3. The summed E-state index contributed by atoms with van der Waals surface area (Å²) in [4.78, 5) is 12.1. The van der Waals surface area contributed by atoms with Gasteiger partial charge in [-0.2, -0.15) is 0 Å². The summed E-state index contributed by atoms with van der Waals surface area (Å²) < 4.78 is 27.0. The SMILES string of the molecule is CCC(C)NS(=O)(=O)c1ccc(NC(=O)CNC2CCCC2)cc1. The van der Waals surface area contributed by atoms with Gasteiger partial charge in [-0.15, -0.1) is 0 Å².